The smallest absolute Gasteiger partial charge is 0.325 e. The van der Waals surface area contributed by atoms with Crippen molar-refractivity contribution < 1.29 is 23.8 Å². The molecule has 3 aromatic carbocycles. The molecule has 0 spiro atoms. The van der Waals surface area contributed by atoms with E-state index < -0.39 is 11.9 Å². The van der Waals surface area contributed by atoms with E-state index in [1.807, 2.05) is 60.7 Å². The lowest BCUT2D eigenvalue weighted by Crippen LogP contribution is -2.30. The minimum Gasteiger partial charge on any atom is -0.485 e. The lowest BCUT2D eigenvalue weighted by molar-refractivity contribution is -0.139. The highest BCUT2D eigenvalue weighted by Gasteiger charge is 2.18. The number of amides is 1. The van der Waals surface area contributed by atoms with Gasteiger partial charge in [-0.25, -0.2) is 0 Å². The fourth-order valence-electron chi connectivity index (χ4n) is 2.74. The topological polar surface area (TPSA) is 73.9 Å². The van der Waals surface area contributed by atoms with Gasteiger partial charge in [-0.1, -0.05) is 66.7 Å². The first kappa shape index (κ1) is 20.9. The highest BCUT2D eigenvalue weighted by Crippen LogP contribution is 2.33. The van der Waals surface area contributed by atoms with Crippen LogP contribution in [0.2, 0.25) is 0 Å². The summed E-state index contributed by atoms with van der Waals surface area (Å²) in [6, 6.07) is 24.4. The first-order valence-electron chi connectivity index (χ1n) is 9.49. The van der Waals surface area contributed by atoms with Crippen LogP contribution in [0.15, 0.2) is 78.9 Å². The predicted molar refractivity (Wildman–Crippen MR) is 112 cm³/mol. The summed E-state index contributed by atoms with van der Waals surface area (Å²) in [5.41, 5.74) is 2.23. The van der Waals surface area contributed by atoms with E-state index >= 15 is 0 Å². The summed E-state index contributed by atoms with van der Waals surface area (Å²) in [7, 11) is 1.26. The van der Waals surface area contributed by atoms with Crippen LogP contribution in [0.4, 0.5) is 0 Å². The molecule has 0 heterocycles. The fourth-order valence-corrected chi connectivity index (χ4v) is 2.74. The summed E-state index contributed by atoms with van der Waals surface area (Å²) < 4.78 is 16.5. The Labute approximate surface area is 175 Å². The Hall–Kier alpha value is -3.80. The standard InChI is InChI=1S/C24H23NO5/c1-28-22(26)15-25-24(27)20-13-8-14-21(29-16-18-9-4-2-5-10-18)23(20)30-17-19-11-6-3-7-12-19/h2-14H,15-17H2,1H3,(H,25,27). The van der Waals surface area contributed by atoms with Crippen molar-refractivity contribution in [2.45, 2.75) is 13.2 Å². The van der Waals surface area contributed by atoms with Gasteiger partial charge in [0.1, 0.15) is 19.8 Å². The third-order valence-corrected chi connectivity index (χ3v) is 4.31. The van der Waals surface area contributed by atoms with E-state index in [1.54, 1.807) is 18.2 Å². The van der Waals surface area contributed by atoms with E-state index in [9.17, 15) is 9.59 Å². The second-order valence-electron chi connectivity index (χ2n) is 6.44. The molecule has 1 N–H and O–H groups in total. The van der Waals surface area contributed by atoms with Crippen LogP contribution in [0.3, 0.4) is 0 Å². The molecule has 0 unspecified atom stereocenters. The molecular weight excluding hydrogens is 382 g/mol. The number of carbonyl (C=O) groups excluding carboxylic acids is 2. The number of nitrogens with one attached hydrogen (secondary N) is 1. The molecular formula is C24H23NO5. The Morgan fingerprint density at radius 2 is 1.37 bits per heavy atom. The minimum atomic E-state index is -0.536. The maximum Gasteiger partial charge on any atom is 0.325 e. The van der Waals surface area contributed by atoms with E-state index in [4.69, 9.17) is 9.47 Å². The van der Waals surface area contributed by atoms with Gasteiger partial charge in [-0.2, -0.15) is 0 Å². The van der Waals surface area contributed by atoms with Crippen LogP contribution >= 0.6 is 0 Å². The zero-order chi connectivity index (χ0) is 21.2. The van der Waals surface area contributed by atoms with Gasteiger partial charge in [0.2, 0.25) is 0 Å². The highest BCUT2D eigenvalue weighted by molar-refractivity contribution is 5.99. The van der Waals surface area contributed by atoms with Crippen LogP contribution in [0, 0.1) is 0 Å². The molecule has 3 rings (SSSR count). The van der Waals surface area contributed by atoms with Crippen molar-refractivity contribution in [2.75, 3.05) is 13.7 Å². The summed E-state index contributed by atoms with van der Waals surface area (Å²) in [4.78, 5) is 24.0. The monoisotopic (exact) mass is 405 g/mol. The Balaban J connectivity index is 1.82. The summed E-state index contributed by atoms with van der Waals surface area (Å²) >= 11 is 0. The van der Waals surface area contributed by atoms with Crippen molar-refractivity contribution in [1.29, 1.82) is 0 Å². The van der Waals surface area contributed by atoms with E-state index in [2.05, 4.69) is 10.1 Å². The average molecular weight is 405 g/mol. The molecule has 6 heteroatoms. The number of hydrogen-bond donors (Lipinski definition) is 1. The molecule has 0 aliphatic heterocycles. The molecule has 0 saturated carbocycles. The van der Waals surface area contributed by atoms with Gasteiger partial charge in [0.05, 0.1) is 12.7 Å². The lowest BCUT2D eigenvalue weighted by Gasteiger charge is -2.16. The van der Waals surface area contributed by atoms with E-state index in [1.165, 1.54) is 7.11 Å². The van der Waals surface area contributed by atoms with Crippen molar-refractivity contribution >= 4 is 11.9 Å². The predicted octanol–water partition coefficient (Wildman–Crippen LogP) is 3.75. The molecule has 0 aromatic heterocycles. The molecule has 0 saturated heterocycles. The second kappa shape index (κ2) is 10.7. The van der Waals surface area contributed by atoms with Gasteiger partial charge >= 0.3 is 5.97 Å². The number of para-hydroxylation sites is 1. The van der Waals surface area contributed by atoms with Crippen LogP contribution in [-0.4, -0.2) is 25.5 Å². The van der Waals surface area contributed by atoms with E-state index in [0.717, 1.165) is 11.1 Å². The molecule has 0 bridgehead atoms. The first-order chi connectivity index (χ1) is 14.7. The zero-order valence-electron chi connectivity index (χ0n) is 16.7. The maximum absolute atomic E-state index is 12.7. The van der Waals surface area contributed by atoms with Crippen LogP contribution in [0.25, 0.3) is 0 Å². The summed E-state index contributed by atoms with van der Waals surface area (Å²) in [6.45, 7) is 0.363. The van der Waals surface area contributed by atoms with Gasteiger partial charge in [-0.15, -0.1) is 0 Å². The Bertz CT molecular complexity index is 973. The normalized spacial score (nSPS) is 10.2. The van der Waals surface area contributed by atoms with Crippen LogP contribution < -0.4 is 14.8 Å². The number of methoxy groups -OCH3 is 1. The van der Waals surface area contributed by atoms with Crippen molar-refractivity contribution in [3.05, 3.63) is 95.6 Å². The highest BCUT2D eigenvalue weighted by atomic mass is 16.5. The molecule has 0 aliphatic carbocycles. The largest absolute Gasteiger partial charge is 0.485 e. The fraction of sp³-hybridized carbons (Fsp3) is 0.167. The second-order valence-corrected chi connectivity index (χ2v) is 6.44. The van der Waals surface area contributed by atoms with Gasteiger partial charge in [-0.3, -0.25) is 9.59 Å². The third-order valence-electron chi connectivity index (χ3n) is 4.31. The van der Waals surface area contributed by atoms with Crippen molar-refractivity contribution in [3.8, 4) is 11.5 Å². The Morgan fingerprint density at radius 1 is 0.767 bits per heavy atom. The van der Waals surface area contributed by atoms with Gasteiger partial charge in [0.15, 0.2) is 11.5 Å². The molecule has 154 valence electrons. The molecule has 3 aromatic rings. The molecule has 0 atom stereocenters. The molecule has 1 amide bonds. The van der Waals surface area contributed by atoms with Gasteiger partial charge < -0.3 is 19.5 Å². The summed E-state index contributed by atoms with van der Waals surface area (Å²) in [5.74, 6) is -0.222. The zero-order valence-corrected chi connectivity index (χ0v) is 16.7. The minimum absolute atomic E-state index is 0.234. The number of hydrogen-bond acceptors (Lipinski definition) is 5. The molecule has 30 heavy (non-hydrogen) atoms. The number of ether oxygens (including phenoxy) is 3. The number of esters is 1. The first-order valence-corrected chi connectivity index (χ1v) is 9.49. The number of benzene rings is 3. The molecule has 6 nitrogen and oxygen atoms in total. The summed E-state index contributed by atoms with van der Waals surface area (Å²) in [6.07, 6.45) is 0. The van der Waals surface area contributed by atoms with Crippen molar-refractivity contribution in [2.24, 2.45) is 0 Å². The van der Waals surface area contributed by atoms with Crippen molar-refractivity contribution in [3.63, 3.8) is 0 Å². The van der Waals surface area contributed by atoms with E-state index in [-0.39, 0.29) is 18.7 Å². The SMILES string of the molecule is COC(=O)CNC(=O)c1cccc(OCc2ccccc2)c1OCc1ccccc1. The van der Waals surface area contributed by atoms with Crippen LogP contribution in [0.1, 0.15) is 21.5 Å². The third kappa shape index (κ3) is 5.85. The van der Waals surface area contributed by atoms with Gasteiger partial charge in [0.25, 0.3) is 5.91 Å². The maximum atomic E-state index is 12.7. The number of carbonyl (C=O) groups is 2. The summed E-state index contributed by atoms with van der Waals surface area (Å²) in [5, 5.41) is 2.54. The van der Waals surface area contributed by atoms with Crippen molar-refractivity contribution in [1.82, 2.24) is 5.32 Å². The van der Waals surface area contributed by atoms with Crippen LogP contribution in [0.5, 0.6) is 11.5 Å². The lowest BCUT2D eigenvalue weighted by atomic mass is 10.1. The van der Waals surface area contributed by atoms with Gasteiger partial charge in [0, 0.05) is 0 Å². The van der Waals surface area contributed by atoms with E-state index in [0.29, 0.717) is 18.1 Å². The molecule has 0 radical (unpaired) electrons. The Morgan fingerprint density at radius 3 is 1.97 bits per heavy atom. The Kier molecular flexibility index (Phi) is 7.44. The number of rotatable bonds is 9. The molecule has 0 aliphatic rings. The van der Waals surface area contributed by atoms with Crippen LogP contribution in [-0.2, 0) is 22.7 Å². The average Bonchev–Trinajstić information content (AvgIpc) is 2.81. The quantitative estimate of drug-likeness (QED) is 0.549. The van der Waals surface area contributed by atoms with Gasteiger partial charge in [-0.05, 0) is 23.3 Å². The molecule has 0 fully saturated rings.